The SMILES string of the molecule is CCOC(=O)C1C(=O)c2cc(I)ccc2N(N2C(=O)c3ccccc3C2=O)C1N(C)C. The predicted molar refractivity (Wildman–Crippen MR) is 121 cm³/mol. The third kappa shape index (κ3) is 3.32. The van der Waals surface area contributed by atoms with Crippen LogP contribution in [0.2, 0.25) is 0 Å². The van der Waals surface area contributed by atoms with Gasteiger partial charge in [0, 0.05) is 9.13 Å². The Balaban J connectivity index is 1.94. The number of anilines is 1. The number of hydrogen-bond donors (Lipinski definition) is 0. The number of ether oxygens (including phenoxy) is 1. The van der Waals surface area contributed by atoms with Gasteiger partial charge in [0.15, 0.2) is 11.7 Å². The van der Waals surface area contributed by atoms with Gasteiger partial charge in [0.1, 0.15) is 6.17 Å². The molecule has 0 spiro atoms. The number of halogens is 1. The van der Waals surface area contributed by atoms with Crippen LogP contribution in [0.4, 0.5) is 5.69 Å². The van der Waals surface area contributed by atoms with E-state index in [1.54, 1.807) is 68.4 Å². The number of rotatable bonds is 4. The maximum Gasteiger partial charge on any atom is 0.320 e. The molecule has 160 valence electrons. The van der Waals surface area contributed by atoms with Crippen LogP contribution in [0.5, 0.6) is 0 Å². The molecule has 0 saturated heterocycles. The van der Waals surface area contributed by atoms with Crippen molar-refractivity contribution in [2.45, 2.75) is 13.1 Å². The average Bonchev–Trinajstić information content (AvgIpc) is 2.99. The van der Waals surface area contributed by atoms with Crippen LogP contribution >= 0.6 is 22.6 Å². The number of Topliss-reactive ketones (excluding diaryl/α,β-unsaturated/α-hetero) is 1. The topological polar surface area (TPSA) is 87.2 Å². The Morgan fingerprint density at radius 3 is 2.19 bits per heavy atom. The quantitative estimate of drug-likeness (QED) is 0.259. The molecule has 2 amide bonds. The van der Waals surface area contributed by atoms with Crippen LogP contribution in [-0.4, -0.2) is 60.3 Å². The summed E-state index contributed by atoms with van der Waals surface area (Å²) in [6, 6.07) is 11.7. The molecular weight excluding hydrogens is 513 g/mol. The first-order valence-electron chi connectivity index (χ1n) is 9.71. The molecule has 0 bridgehead atoms. The lowest BCUT2D eigenvalue weighted by Crippen LogP contribution is -2.64. The van der Waals surface area contributed by atoms with Gasteiger partial charge < -0.3 is 4.74 Å². The number of hydrazine groups is 1. The van der Waals surface area contributed by atoms with E-state index >= 15 is 0 Å². The Kier molecular flexibility index (Phi) is 5.56. The summed E-state index contributed by atoms with van der Waals surface area (Å²) in [5.74, 6) is -3.34. The molecule has 8 nitrogen and oxygen atoms in total. The van der Waals surface area contributed by atoms with Crippen LogP contribution in [0.1, 0.15) is 38.0 Å². The van der Waals surface area contributed by atoms with Crippen LogP contribution in [0, 0.1) is 9.49 Å². The highest BCUT2D eigenvalue weighted by Crippen LogP contribution is 2.40. The molecule has 2 heterocycles. The number of fused-ring (bicyclic) bond motifs is 2. The Morgan fingerprint density at radius 2 is 1.65 bits per heavy atom. The lowest BCUT2D eigenvalue weighted by Gasteiger charge is -2.47. The summed E-state index contributed by atoms with van der Waals surface area (Å²) in [7, 11) is 3.38. The van der Waals surface area contributed by atoms with Gasteiger partial charge in [-0.05, 0) is 73.9 Å². The number of amides is 2. The Morgan fingerprint density at radius 1 is 1.03 bits per heavy atom. The molecule has 0 N–H and O–H groups in total. The molecule has 9 heteroatoms. The highest BCUT2D eigenvalue weighted by molar-refractivity contribution is 14.1. The molecule has 2 aromatic carbocycles. The van der Waals surface area contributed by atoms with Gasteiger partial charge in [0.25, 0.3) is 11.8 Å². The van der Waals surface area contributed by atoms with Crippen LogP contribution in [0.25, 0.3) is 0 Å². The summed E-state index contributed by atoms with van der Waals surface area (Å²) in [6.07, 6.45) is -0.929. The van der Waals surface area contributed by atoms with Crippen molar-refractivity contribution in [2.75, 3.05) is 25.7 Å². The van der Waals surface area contributed by atoms with Crippen molar-refractivity contribution in [3.05, 3.63) is 62.7 Å². The van der Waals surface area contributed by atoms with Crippen molar-refractivity contribution < 1.29 is 23.9 Å². The molecule has 0 aromatic heterocycles. The summed E-state index contributed by atoms with van der Waals surface area (Å²) in [5.41, 5.74) is 1.21. The molecule has 0 aliphatic carbocycles. The number of hydrogen-bond acceptors (Lipinski definition) is 7. The van der Waals surface area contributed by atoms with E-state index in [0.717, 1.165) is 8.58 Å². The first-order chi connectivity index (χ1) is 14.8. The molecule has 0 radical (unpaired) electrons. The molecule has 0 saturated carbocycles. The van der Waals surface area contributed by atoms with Crippen LogP contribution < -0.4 is 5.01 Å². The first-order valence-corrected chi connectivity index (χ1v) is 10.8. The molecule has 4 rings (SSSR count). The van der Waals surface area contributed by atoms with E-state index in [1.165, 1.54) is 5.01 Å². The molecule has 2 atom stereocenters. The largest absolute Gasteiger partial charge is 0.465 e. The van der Waals surface area contributed by atoms with E-state index < -0.39 is 35.7 Å². The van der Waals surface area contributed by atoms with Crippen molar-refractivity contribution in [1.82, 2.24) is 9.91 Å². The smallest absolute Gasteiger partial charge is 0.320 e. The fraction of sp³-hybridized carbons (Fsp3) is 0.273. The van der Waals surface area contributed by atoms with Gasteiger partial charge in [0.05, 0.1) is 23.4 Å². The van der Waals surface area contributed by atoms with Gasteiger partial charge in [-0.25, -0.2) is 0 Å². The second kappa shape index (κ2) is 8.04. The molecule has 0 fully saturated rings. The fourth-order valence-corrected chi connectivity index (χ4v) is 4.56. The highest BCUT2D eigenvalue weighted by Gasteiger charge is 2.52. The Hall–Kier alpha value is -2.79. The van der Waals surface area contributed by atoms with Gasteiger partial charge in [-0.2, -0.15) is 5.01 Å². The van der Waals surface area contributed by atoms with Crippen molar-refractivity contribution in [3.63, 3.8) is 0 Å². The van der Waals surface area contributed by atoms with E-state index in [1.807, 2.05) is 0 Å². The van der Waals surface area contributed by atoms with E-state index in [-0.39, 0.29) is 23.3 Å². The van der Waals surface area contributed by atoms with Crippen molar-refractivity contribution in [3.8, 4) is 0 Å². The Labute approximate surface area is 192 Å². The number of imide groups is 1. The zero-order valence-corrected chi connectivity index (χ0v) is 19.3. The standard InChI is InChI=1S/C22H20IN3O5/c1-4-31-22(30)17-18(27)15-11-12(23)9-10-16(15)25(19(17)24(2)3)26-20(28)13-7-5-6-8-14(13)21(26)29/h5-11,17,19H,4H2,1-3H3. The summed E-state index contributed by atoms with van der Waals surface area (Å²) < 4.78 is 5.99. The summed E-state index contributed by atoms with van der Waals surface area (Å²) in [6.45, 7) is 1.77. The zero-order chi connectivity index (χ0) is 22.4. The second-order valence-electron chi connectivity index (χ2n) is 7.44. The van der Waals surface area contributed by atoms with Crippen LogP contribution in [-0.2, 0) is 9.53 Å². The zero-order valence-electron chi connectivity index (χ0n) is 17.2. The minimum absolute atomic E-state index is 0.106. The van der Waals surface area contributed by atoms with Gasteiger partial charge in [0.2, 0.25) is 0 Å². The maximum absolute atomic E-state index is 13.4. The minimum Gasteiger partial charge on any atom is -0.465 e. The second-order valence-corrected chi connectivity index (χ2v) is 8.69. The summed E-state index contributed by atoms with van der Waals surface area (Å²) >= 11 is 2.07. The van der Waals surface area contributed by atoms with Gasteiger partial charge >= 0.3 is 5.97 Å². The minimum atomic E-state index is -1.23. The average molecular weight is 533 g/mol. The lowest BCUT2D eigenvalue weighted by molar-refractivity contribution is -0.148. The maximum atomic E-state index is 13.4. The lowest BCUT2D eigenvalue weighted by atomic mass is 9.88. The molecule has 2 unspecified atom stereocenters. The highest BCUT2D eigenvalue weighted by atomic mass is 127. The predicted octanol–water partition coefficient (Wildman–Crippen LogP) is 2.57. The molecule has 31 heavy (non-hydrogen) atoms. The van der Waals surface area contributed by atoms with Crippen LogP contribution in [0.15, 0.2) is 42.5 Å². The van der Waals surface area contributed by atoms with E-state index in [4.69, 9.17) is 4.74 Å². The normalized spacial score (nSPS) is 20.2. The number of ketones is 1. The summed E-state index contributed by atoms with van der Waals surface area (Å²) in [4.78, 5) is 54.5. The first kappa shape index (κ1) is 21.4. The van der Waals surface area contributed by atoms with E-state index in [9.17, 15) is 19.2 Å². The number of esters is 1. The summed E-state index contributed by atoms with van der Waals surface area (Å²) in [5, 5.41) is 2.48. The number of benzene rings is 2. The van der Waals surface area contributed by atoms with Gasteiger partial charge in [-0.1, -0.05) is 12.1 Å². The Bertz CT molecular complexity index is 1080. The van der Waals surface area contributed by atoms with Gasteiger partial charge in [-0.3, -0.25) is 29.1 Å². The number of carbonyl (C=O) groups is 4. The molecule has 2 aliphatic rings. The van der Waals surface area contributed by atoms with Crippen molar-refractivity contribution in [2.24, 2.45) is 5.92 Å². The molecule has 2 aromatic rings. The fourth-order valence-electron chi connectivity index (χ4n) is 4.07. The number of carbonyl (C=O) groups excluding carboxylic acids is 4. The van der Waals surface area contributed by atoms with Crippen LogP contribution in [0.3, 0.4) is 0 Å². The number of nitrogens with zero attached hydrogens (tertiary/aromatic N) is 3. The third-order valence-electron chi connectivity index (χ3n) is 5.36. The van der Waals surface area contributed by atoms with Crippen molar-refractivity contribution >= 4 is 51.8 Å². The van der Waals surface area contributed by atoms with Gasteiger partial charge in [-0.15, -0.1) is 0 Å². The third-order valence-corrected chi connectivity index (χ3v) is 6.03. The molecular formula is C22H20IN3O5. The molecule has 2 aliphatic heterocycles. The van der Waals surface area contributed by atoms with E-state index in [2.05, 4.69) is 22.6 Å². The van der Waals surface area contributed by atoms with Crippen molar-refractivity contribution in [1.29, 1.82) is 0 Å². The van der Waals surface area contributed by atoms with E-state index in [0.29, 0.717) is 5.69 Å². The monoisotopic (exact) mass is 533 g/mol.